The van der Waals surface area contributed by atoms with Crippen molar-refractivity contribution in [2.24, 2.45) is 0 Å². The molecule has 144 valence electrons. The van der Waals surface area contributed by atoms with Gasteiger partial charge in [-0.2, -0.15) is 0 Å². The predicted molar refractivity (Wildman–Crippen MR) is 105 cm³/mol. The molecule has 0 bridgehead atoms. The molecule has 1 aliphatic rings. The predicted octanol–water partition coefficient (Wildman–Crippen LogP) is 3.95. The quantitative estimate of drug-likeness (QED) is 0.407. The van der Waals surface area contributed by atoms with E-state index >= 15 is 0 Å². The maximum Gasteiger partial charge on any atom is 0.295 e. The molecule has 28 heavy (non-hydrogen) atoms. The van der Waals surface area contributed by atoms with Crippen LogP contribution in [0.5, 0.6) is 0 Å². The number of likely N-dealkylation sites (tertiary alicyclic amines) is 1. The van der Waals surface area contributed by atoms with Crippen LogP contribution in [0.1, 0.15) is 34.1 Å². The van der Waals surface area contributed by atoms with Crippen LogP contribution in [0.3, 0.4) is 0 Å². The number of halogens is 1. The summed E-state index contributed by atoms with van der Waals surface area (Å²) in [6.45, 7) is 0.923. The van der Waals surface area contributed by atoms with Crippen LogP contribution in [0, 0.1) is 15.9 Å². The van der Waals surface area contributed by atoms with E-state index in [9.17, 15) is 19.3 Å². The number of thiazole rings is 1. The SMILES string of the molecule is Nc1c(C(=O)N2CCC(c3nc4ccccc4s3)CC2)cc(F)cc1[N+](=O)[O-]. The highest BCUT2D eigenvalue weighted by molar-refractivity contribution is 7.18. The average Bonchev–Trinajstić information content (AvgIpc) is 3.13. The number of benzene rings is 2. The van der Waals surface area contributed by atoms with Gasteiger partial charge in [-0.15, -0.1) is 11.3 Å². The monoisotopic (exact) mass is 400 g/mol. The lowest BCUT2D eigenvalue weighted by Crippen LogP contribution is -2.38. The Balaban J connectivity index is 1.51. The fourth-order valence-corrected chi connectivity index (χ4v) is 4.63. The highest BCUT2D eigenvalue weighted by atomic mass is 32.1. The molecule has 9 heteroatoms. The number of nitrogens with two attached hydrogens (primary N) is 1. The van der Waals surface area contributed by atoms with Gasteiger partial charge in [-0.3, -0.25) is 14.9 Å². The number of nitro benzene ring substituents is 1. The van der Waals surface area contributed by atoms with Gasteiger partial charge in [-0.05, 0) is 31.0 Å². The van der Waals surface area contributed by atoms with Crippen molar-refractivity contribution in [3.05, 3.63) is 62.9 Å². The number of nitrogens with zero attached hydrogens (tertiary/aromatic N) is 3. The number of amides is 1. The first-order valence-electron chi connectivity index (χ1n) is 8.82. The van der Waals surface area contributed by atoms with Gasteiger partial charge in [-0.25, -0.2) is 9.37 Å². The van der Waals surface area contributed by atoms with E-state index in [1.165, 1.54) is 0 Å². The average molecular weight is 400 g/mol. The van der Waals surface area contributed by atoms with Crippen molar-refractivity contribution in [1.82, 2.24) is 9.88 Å². The van der Waals surface area contributed by atoms with Crippen LogP contribution in [0.2, 0.25) is 0 Å². The van der Waals surface area contributed by atoms with Crippen LogP contribution in [-0.4, -0.2) is 33.8 Å². The van der Waals surface area contributed by atoms with E-state index in [0.717, 1.165) is 40.2 Å². The molecule has 2 N–H and O–H groups in total. The third-order valence-corrected chi connectivity index (χ3v) is 6.19. The fraction of sp³-hybridized carbons (Fsp3) is 0.263. The number of anilines is 1. The van der Waals surface area contributed by atoms with Crippen LogP contribution in [0.4, 0.5) is 15.8 Å². The summed E-state index contributed by atoms with van der Waals surface area (Å²) in [4.78, 5) is 29.3. The lowest BCUT2D eigenvalue weighted by molar-refractivity contribution is -0.384. The van der Waals surface area contributed by atoms with Crippen molar-refractivity contribution in [2.45, 2.75) is 18.8 Å². The van der Waals surface area contributed by atoms with Crippen LogP contribution in [-0.2, 0) is 0 Å². The summed E-state index contributed by atoms with van der Waals surface area (Å²) in [6, 6.07) is 9.64. The molecule has 1 aliphatic heterocycles. The lowest BCUT2D eigenvalue weighted by Gasteiger charge is -2.31. The number of piperidine rings is 1. The van der Waals surface area contributed by atoms with Crippen LogP contribution in [0.25, 0.3) is 10.2 Å². The van der Waals surface area contributed by atoms with Gasteiger partial charge < -0.3 is 10.6 Å². The summed E-state index contributed by atoms with van der Waals surface area (Å²) in [7, 11) is 0. The number of fused-ring (bicyclic) bond motifs is 1. The first-order chi connectivity index (χ1) is 13.4. The molecular formula is C19H17FN4O3S. The molecule has 2 heterocycles. The second kappa shape index (κ2) is 7.16. The van der Waals surface area contributed by atoms with Crippen LogP contribution >= 0.6 is 11.3 Å². The van der Waals surface area contributed by atoms with Gasteiger partial charge in [0.1, 0.15) is 11.5 Å². The lowest BCUT2D eigenvalue weighted by atomic mass is 9.96. The number of nitro groups is 1. The molecule has 0 unspecified atom stereocenters. The van der Waals surface area contributed by atoms with Gasteiger partial charge in [0.15, 0.2) is 0 Å². The zero-order valence-corrected chi connectivity index (χ0v) is 15.6. The topological polar surface area (TPSA) is 102 Å². The van der Waals surface area contributed by atoms with Crippen molar-refractivity contribution >= 4 is 38.8 Å². The van der Waals surface area contributed by atoms with E-state index in [0.29, 0.717) is 13.1 Å². The molecule has 1 fully saturated rings. The normalized spacial score (nSPS) is 15.1. The Morgan fingerprint density at radius 2 is 2.00 bits per heavy atom. The zero-order chi connectivity index (χ0) is 19.8. The highest BCUT2D eigenvalue weighted by Gasteiger charge is 2.29. The molecule has 0 radical (unpaired) electrons. The number of rotatable bonds is 3. The van der Waals surface area contributed by atoms with Crippen molar-refractivity contribution in [1.29, 1.82) is 0 Å². The van der Waals surface area contributed by atoms with Crippen molar-refractivity contribution in [3.63, 3.8) is 0 Å². The van der Waals surface area contributed by atoms with Crippen molar-refractivity contribution in [3.8, 4) is 0 Å². The third-order valence-electron chi connectivity index (χ3n) is 4.99. The van der Waals surface area contributed by atoms with E-state index < -0.39 is 22.3 Å². The molecule has 1 aromatic heterocycles. The molecule has 0 spiro atoms. The maximum atomic E-state index is 13.7. The number of hydrogen-bond donors (Lipinski definition) is 1. The van der Waals surface area contributed by atoms with Crippen LogP contribution < -0.4 is 5.73 Å². The summed E-state index contributed by atoms with van der Waals surface area (Å²) in [5.41, 5.74) is 5.68. The minimum Gasteiger partial charge on any atom is -0.393 e. The minimum atomic E-state index is -0.853. The largest absolute Gasteiger partial charge is 0.393 e. The van der Waals surface area contributed by atoms with Gasteiger partial charge in [0, 0.05) is 19.0 Å². The fourth-order valence-electron chi connectivity index (χ4n) is 3.50. The van der Waals surface area contributed by atoms with E-state index in [-0.39, 0.29) is 17.2 Å². The van der Waals surface area contributed by atoms with E-state index in [4.69, 9.17) is 10.7 Å². The first-order valence-corrected chi connectivity index (χ1v) is 9.64. The van der Waals surface area contributed by atoms with E-state index in [1.54, 1.807) is 16.2 Å². The number of carbonyl (C=O) groups excluding carboxylic acids is 1. The number of nitrogen functional groups attached to an aromatic ring is 1. The molecular weight excluding hydrogens is 383 g/mol. The molecule has 4 rings (SSSR count). The summed E-state index contributed by atoms with van der Waals surface area (Å²) >= 11 is 1.66. The maximum absolute atomic E-state index is 13.7. The van der Waals surface area contributed by atoms with Crippen LogP contribution in [0.15, 0.2) is 36.4 Å². The first kappa shape index (κ1) is 18.3. The van der Waals surface area contributed by atoms with Gasteiger partial charge in [0.2, 0.25) is 0 Å². The second-order valence-corrected chi connectivity index (χ2v) is 7.79. The smallest absolute Gasteiger partial charge is 0.295 e. The van der Waals surface area contributed by atoms with Gasteiger partial charge in [-0.1, -0.05) is 12.1 Å². The Kier molecular flexibility index (Phi) is 4.68. The Morgan fingerprint density at radius 1 is 1.29 bits per heavy atom. The molecule has 0 atom stereocenters. The summed E-state index contributed by atoms with van der Waals surface area (Å²) in [6.07, 6.45) is 1.45. The molecule has 1 amide bonds. The Morgan fingerprint density at radius 3 is 2.68 bits per heavy atom. The number of carbonyl (C=O) groups is 1. The van der Waals surface area contributed by atoms with Gasteiger partial charge >= 0.3 is 0 Å². The minimum absolute atomic E-state index is 0.162. The Labute approximate surface area is 163 Å². The highest BCUT2D eigenvalue weighted by Crippen LogP contribution is 2.35. The second-order valence-electron chi connectivity index (χ2n) is 6.73. The number of aromatic nitrogens is 1. The molecule has 0 saturated carbocycles. The van der Waals surface area contributed by atoms with E-state index in [2.05, 4.69) is 0 Å². The van der Waals surface area contributed by atoms with Crippen molar-refractivity contribution in [2.75, 3.05) is 18.8 Å². The van der Waals surface area contributed by atoms with Gasteiger partial charge in [0.25, 0.3) is 11.6 Å². The van der Waals surface area contributed by atoms with Crippen molar-refractivity contribution < 1.29 is 14.1 Å². The van der Waals surface area contributed by atoms with Gasteiger partial charge in [0.05, 0.1) is 31.8 Å². The molecule has 3 aromatic rings. The Bertz CT molecular complexity index is 1040. The molecule has 0 aliphatic carbocycles. The summed E-state index contributed by atoms with van der Waals surface area (Å²) in [5.74, 6) is -1.09. The zero-order valence-electron chi connectivity index (χ0n) is 14.8. The third kappa shape index (κ3) is 3.29. The molecule has 7 nitrogen and oxygen atoms in total. The molecule has 1 saturated heterocycles. The standard InChI is InChI=1S/C19H17FN4O3S/c20-12-9-13(17(21)15(10-12)24(26)27)19(25)23-7-5-11(6-8-23)18-22-14-3-1-2-4-16(14)28-18/h1-4,9-11H,5-8,21H2. The number of hydrogen-bond acceptors (Lipinski definition) is 6. The summed E-state index contributed by atoms with van der Waals surface area (Å²) in [5, 5.41) is 12.1. The summed E-state index contributed by atoms with van der Waals surface area (Å²) < 4.78 is 14.9. The van der Waals surface area contributed by atoms with E-state index in [1.807, 2.05) is 24.3 Å². The number of para-hydroxylation sites is 1. The Hall–Kier alpha value is -3.07. The molecule has 2 aromatic carbocycles.